The number of nitrogens with one attached hydrogen (secondary N) is 3. The second-order valence-corrected chi connectivity index (χ2v) is 8.15. The van der Waals surface area contributed by atoms with Crippen molar-refractivity contribution >= 4 is 39.4 Å². The van der Waals surface area contributed by atoms with E-state index in [-0.39, 0.29) is 11.8 Å². The van der Waals surface area contributed by atoms with E-state index in [1.165, 1.54) is 6.92 Å². The Balaban J connectivity index is 1.38. The van der Waals surface area contributed by atoms with Crippen molar-refractivity contribution < 1.29 is 9.59 Å². The molecule has 3 N–H and O–H groups in total. The fraction of sp³-hybridized carbons (Fsp3) is 0.154. The molecule has 34 heavy (non-hydrogen) atoms. The molecule has 2 aromatic carbocycles. The summed E-state index contributed by atoms with van der Waals surface area (Å²) in [5, 5.41) is 6.90. The molecular formula is C26H24N6O2. The maximum Gasteiger partial charge on any atom is 0.251 e. The van der Waals surface area contributed by atoms with Crippen LogP contribution < -0.4 is 10.6 Å². The molecule has 0 bridgehead atoms. The maximum absolute atomic E-state index is 13.0. The number of benzene rings is 2. The molecule has 0 unspecified atom stereocenters. The molecule has 0 aliphatic carbocycles. The minimum atomic E-state index is -0.241. The van der Waals surface area contributed by atoms with Gasteiger partial charge in [-0.1, -0.05) is 24.3 Å². The summed E-state index contributed by atoms with van der Waals surface area (Å²) in [6, 6.07) is 19.2. The van der Waals surface area contributed by atoms with Gasteiger partial charge >= 0.3 is 0 Å². The molecule has 0 atom stereocenters. The molecule has 0 radical (unpaired) electrons. The number of hydrogen-bond acceptors (Lipinski definition) is 4. The van der Waals surface area contributed by atoms with Crippen LogP contribution in [0.5, 0.6) is 0 Å². The van der Waals surface area contributed by atoms with Crippen molar-refractivity contribution in [2.45, 2.75) is 26.4 Å². The fourth-order valence-electron chi connectivity index (χ4n) is 4.08. The van der Waals surface area contributed by atoms with Crippen LogP contribution in [0.3, 0.4) is 0 Å². The van der Waals surface area contributed by atoms with Gasteiger partial charge in [-0.25, -0.2) is 4.98 Å². The van der Waals surface area contributed by atoms with Gasteiger partial charge in [-0.15, -0.1) is 0 Å². The van der Waals surface area contributed by atoms with Crippen LogP contribution in [0, 0.1) is 0 Å². The minimum absolute atomic E-state index is 0.214. The van der Waals surface area contributed by atoms with Crippen LogP contribution in [-0.4, -0.2) is 31.3 Å². The maximum atomic E-state index is 13.0. The summed E-state index contributed by atoms with van der Waals surface area (Å²) in [7, 11) is 0. The van der Waals surface area contributed by atoms with Crippen molar-refractivity contribution in [3.63, 3.8) is 0 Å². The number of carbonyl (C=O) groups excluding carboxylic acids is 2. The number of rotatable bonds is 7. The number of H-pyrrole nitrogens is 1. The Hall–Kier alpha value is -4.46. The fourth-order valence-corrected chi connectivity index (χ4v) is 4.08. The summed E-state index contributed by atoms with van der Waals surface area (Å²) in [4.78, 5) is 37.0. The summed E-state index contributed by atoms with van der Waals surface area (Å²) in [5.74, 6) is -0.454. The zero-order valence-corrected chi connectivity index (χ0v) is 18.7. The average molecular weight is 453 g/mol. The number of anilines is 1. The number of amides is 2. The topological polar surface area (TPSA) is 105 Å². The van der Waals surface area contributed by atoms with Gasteiger partial charge in [0.1, 0.15) is 0 Å². The van der Waals surface area contributed by atoms with E-state index < -0.39 is 0 Å². The molecule has 0 saturated heterocycles. The monoisotopic (exact) mass is 452 g/mol. The number of aromatic nitrogens is 4. The zero-order chi connectivity index (χ0) is 23.5. The molecule has 0 fully saturated rings. The number of pyridine rings is 1. The van der Waals surface area contributed by atoms with Crippen molar-refractivity contribution in [1.29, 1.82) is 0 Å². The lowest BCUT2D eigenvalue weighted by atomic mass is 10.1. The van der Waals surface area contributed by atoms with Gasteiger partial charge in [-0.3, -0.25) is 14.6 Å². The number of aromatic amines is 1. The molecule has 0 aliphatic heterocycles. The highest BCUT2D eigenvalue weighted by atomic mass is 16.2. The molecule has 8 heteroatoms. The second kappa shape index (κ2) is 9.19. The van der Waals surface area contributed by atoms with Crippen LogP contribution in [0.1, 0.15) is 28.7 Å². The van der Waals surface area contributed by atoms with Crippen LogP contribution in [0.4, 0.5) is 5.69 Å². The number of carbonyl (C=O) groups is 2. The first-order valence-corrected chi connectivity index (χ1v) is 11.1. The van der Waals surface area contributed by atoms with Crippen molar-refractivity contribution in [1.82, 2.24) is 24.8 Å². The first kappa shape index (κ1) is 21.4. The van der Waals surface area contributed by atoms with E-state index in [9.17, 15) is 9.59 Å². The summed E-state index contributed by atoms with van der Waals surface area (Å²) in [5.41, 5.74) is 5.32. The number of para-hydroxylation sites is 1. The third-order valence-electron chi connectivity index (χ3n) is 5.65. The number of aryl methyl sites for hydroxylation is 2. The van der Waals surface area contributed by atoms with Crippen LogP contribution >= 0.6 is 0 Å². The molecule has 5 aromatic rings. The number of fused-ring (bicyclic) bond motifs is 2. The smallest absolute Gasteiger partial charge is 0.251 e. The van der Waals surface area contributed by atoms with Gasteiger partial charge in [0.25, 0.3) is 5.91 Å². The van der Waals surface area contributed by atoms with E-state index in [1.54, 1.807) is 24.7 Å². The van der Waals surface area contributed by atoms with Crippen molar-refractivity contribution in [3.05, 3.63) is 90.1 Å². The number of imidazole rings is 1. The second-order valence-electron chi connectivity index (χ2n) is 8.15. The van der Waals surface area contributed by atoms with E-state index in [1.807, 2.05) is 53.1 Å². The Morgan fingerprint density at radius 3 is 2.68 bits per heavy atom. The van der Waals surface area contributed by atoms with Gasteiger partial charge in [0.05, 0.1) is 29.6 Å². The predicted octanol–water partition coefficient (Wildman–Crippen LogP) is 4.04. The van der Waals surface area contributed by atoms with E-state index in [0.717, 1.165) is 34.2 Å². The molecular weight excluding hydrogens is 428 g/mol. The van der Waals surface area contributed by atoms with E-state index in [4.69, 9.17) is 0 Å². The molecule has 2 amide bonds. The standard InChI is InChI=1S/C26H24N6O2/c1-17(33)30-24-14-19(26(34)28-15-21-12-18-6-2-3-8-22(18)31-21)13-23-25(24)32(16-29-23)11-9-20-7-4-5-10-27-20/h2-8,10,12-14,16,31H,9,11,15H2,1H3,(H,28,34)(H,30,33). The quantitative estimate of drug-likeness (QED) is 0.347. The minimum Gasteiger partial charge on any atom is -0.357 e. The largest absolute Gasteiger partial charge is 0.357 e. The zero-order valence-electron chi connectivity index (χ0n) is 18.7. The van der Waals surface area contributed by atoms with Gasteiger partial charge < -0.3 is 20.2 Å². The lowest BCUT2D eigenvalue weighted by molar-refractivity contribution is -0.114. The summed E-state index contributed by atoms with van der Waals surface area (Å²) in [6.07, 6.45) is 4.22. The molecule has 8 nitrogen and oxygen atoms in total. The van der Waals surface area contributed by atoms with Gasteiger partial charge in [0, 0.05) is 48.6 Å². The Labute approximate surface area is 196 Å². The third kappa shape index (κ3) is 4.52. The summed E-state index contributed by atoms with van der Waals surface area (Å²) < 4.78 is 1.97. The lowest BCUT2D eigenvalue weighted by Gasteiger charge is -2.11. The molecule has 0 spiro atoms. The highest BCUT2D eigenvalue weighted by molar-refractivity contribution is 6.05. The highest BCUT2D eigenvalue weighted by Gasteiger charge is 2.16. The predicted molar refractivity (Wildman–Crippen MR) is 131 cm³/mol. The summed E-state index contributed by atoms with van der Waals surface area (Å²) >= 11 is 0. The number of nitrogens with zero attached hydrogens (tertiary/aromatic N) is 3. The Morgan fingerprint density at radius 2 is 1.88 bits per heavy atom. The van der Waals surface area contributed by atoms with Crippen LogP contribution in [0.2, 0.25) is 0 Å². The average Bonchev–Trinajstić information content (AvgIpc) is 3.45. The first-order chi connectivity index (χ1) is 16.6. The highest BCUT2D eigenvalue weighted by Crippen LogP contribution is 2.26. The normalized spacial score (nSPS) is 11.1. The van der Waals surface area contributed by atoms with Crippen LogP contribution in [-0.2, 0) is 24.3 Å². The van der Waals surface area contributed by atoms with Gasteiger partial charge in [0.15, 0.2) is 0 Å². The molecule has 0 aliphatic rings. The van der Waals surface area contributed by atoms with Gasteiger partial charge in [0.2, 0.25) is 5.91 Å². The molecule has 170 valence electrons. The lowest BCUT2D eigenvalue weighted by Crippen LogP contribution is -2.23. The molecule has 3 heterocycles. The Bertz CT molecular complexity index is 1450. The van der Waals surface area contributed by atoms with Crippen molar-refractivity contribution in [2.75, 3.05) is 5.32 Å². The van der Waals surface area contributed by atoms with Gasteiger partial charge in [-0.2, -0.15) is 0 Å². The summed E-state index contributed by atoms with van der Waals surface area (Å²) in [6.45, 7) is 2.45. The van der Waals surface area contributed by atoms with Gasteiger partial charge in [-0.05, 0) is 41.8 Å². The first-order valence-electron chi connectivity index (χ1n) is 11.1. The van der Waals surface area contributed by atoms with Crippen molar-refractivity contribution in [3.8, 4) is 0 Å². The molecule has 3 aromatic heterocycles. The third-order valence-corrected chi connectivity index (χ3v) is 5.65. The molecule has 5 rings (SSSR count). The SMILES string of the molecule is CC(=O)Nc1cc(C(=O)NCc2cc3ccccc3[nH]2)cc2ncn(CCc3ccccn3)c12. The van der Waals surface area contributed by atoms with E-state index in [0.29, 0.717) is 29.9 Å². The van der Waals surface area contributed by atoms with E-state index in [2.05, 4.69) is 25.6 Å². The Morgan fingerprint density at radius 1 is 1.03 bits per heavy atom. The molecule has 0 saturated carbocycles. The van der Waals surface area contributed by atoms with Crippen molar-refractivity contribution in [2.24, 2.45) is 0 Å². The van der Waals surface area contributed by atoms with Crippen LogP contribution in [0.25, 0.3) is 21.9 Å². The Kier molecular flexibility index (Phi) is 5.78. The van der Waals surface area contributed by atoms with E-state index >= 15 is 0 Å². The van der Waals surface area contributed by atoms with Crippen LogP contribution in [0.15, 0.2) is 73.2 Å². The number of hydrogen-bond donors (Lipinski definition) is 3.